The SMILES string of the molecule is CO[C@H]1CN(/C(N)=C(/C=C(/C)N)c2nc(C3CC3)no2)CC[C@H]1NC1CCCCC1. The van der Waals surface area contributed by atoms with E-state index in [4.69, 9.17) is 20.7 Å². The Kier molecular flexibility index (Phi) is 6.63. The van der Waals surface area contributed by atoms with Crippen LogP contribution in [0, 0.1) is 0 Å². The monoisotopic (exact) mass is 416 g/mol. The second-order valence-electron chi connectivity index (χ2n) is 9.04. The standard InChI is InChI=1S/C22H36N6O2/c1-14(23)12-17(22-26-21(27-30-22)15-8-9-15)20(24)28-11-10-18(19(13-28)29-2)25-16-6-4-3-5-7-16/h12,15-16,18-19,25H,3-11,13,23-24H2,1-2H3/b14-12-,20-17-/t18-,19+/m1/s1. The highest BCUT2D eigenvalue weighted by Crippen LogP contribution is 2.38. The van der Waals surface area contributed by atoms with Crippen molar-refractivity contribution in [2.45, 2.75) is 82.4 Å². The zero-order valence-electron chi connectivity index (χ0n) is 18.3. The van der Waals surface area contributed by atoms with Crippen LogP contribution >= 0.6 is 0 Å². The Hall–Kier alpha value is -2.06. The Morgan fingerprint density at radius 1 is 1.17 bits per heavy atom. The number of aromatic nitrogens is 2. The third kappa shape index (κ3) is 4.98. The third-order valence-corrected chi connectivity index (χ3v) is 6.52. The van der Waals surface area contributed by atoms with Gasteiger partial charge in [-0.1, -0.05) is 24.4 Å². The Morgan fingerprint density at radius 2 is 1.93 bits per heavy atom. The van der Waals surface area contributed by atoms with Gasteiger partial charge in [0, 0.05) is 43.9 Å². The van der Waals surface area contributed by atoms with Gasteiger partial charge in [0.2, 0.25) is 0 Å². The number of nitrogens with two attached hydrogens (primary N) is 2. The van der Waals surface area contributed by atoms with Crippen LogP contribution in [0.15, 0.2) is 22.1 Å². The smallest absolute Gasteiger partial charge is 0.261 e. The number of piperidine rings is 1. The van der Waals surface area contributed by atoms with Crippen LogP contribution < -0.4 is 16.8 Å². The summed E-state index contributed by atoms with van der Waals surface area (Å²) < 4.78 is 11.4. The minimum absolute atomic E-state index is 0.0770. The molecule has 3 aliphatic rings. The van der Waals surface area contributed by atoms with E-state index < -0.39 is 0 Å². The first-order valence-electron chi connectivity index (χ1n) is 11.4. The summed E-state index contributed by atoms with van der Waals surface area (Å²) in [4.78, 5) is 6.74. The Bertz CT molecular complexity index is 774. The second kappa shape index (κ2) is 9.39. The van der Waals surface area contributed by atoms with E-state index in [1.165, 1.54) is 32.1 Å². The van der Waals surface area contributed by atoms with Crippen LogP contribution in [0.3, 0.4) is 0 Å². The van der Waals surface area contributed by atoms with Crippen molar-refractivity contribution >= 4 is 5.57 Å². The fraction of sp³-hybridized carbons (Fsp3) is 0.727. The molecule has 1 aromatic rings. The van der Waals surface area contributed by atoms with Crippen molar-refractivity contribution in [3.63, 3.8) is 0 Å². The zero-order valence-corrected chi connectivity index (χ0v) is 18.3. The first kappa shape index (κ1) is 21.2. The molecular weight excluding hydrogens is 380 g/mol. The van der Waals surface area contributed by atoms with Gasteiger partial charge in [-0.05, 0) is 45.1 Å². The summed E-state index contributed by atoms with van der Waals surface area (Å²) >= 11 is 0. The quantitative estimate of drug-likeness (QED) is 0.581. The summed E-state index contributed by atoms with van der Waals surface area (Å²) in [5.41, 5.74) is 14.0. The second-order valence-corrected chi connectivity index (χ2v) is 9.04. The van der Waals surface area contributed by atoms with Gasteiger partial charge < -0.3 is 30.9 Å². The van der Waals surface area contributed by atoms with Crippen molar-refractivity contribution in [3.05, 3.63) is 29.3 Å². The molecule has 0 unspecified atom stereocenters. The lowest BCUT2D eigenvalue weighted by atomic mass is 9.92. The molecule has 0 amide bonds. The molecule has 166 valence electrons. The molecule has 2 aliphatic carbocycles. The maximum absolute atomic E-state index is 6.62. The normalized spacial score (nSPS) is 27.3. The minimum Gasteiger partial charge on any atom is -0.402 e. The molecule has 1 aromatic heterocycles. The first-order valence-corrected chi connectivity index (χ1v) is 11.4. The van der Waals surface area contributed by atoms with Gasteiger partial charge in [0.05, 0.1) is 11.7 Å². The first-order chi connectivity index (χ1) is 14.5. The van der Waals surface area contributed by atoms with Gasteiger partial charge >= 0.3 is 0 Å². The number of nitrogens with one attached hydrogen (secondary N) is 1. The average molecular weight is 417 g/mol. The summed E-state index contributed by atoms with van der Waals surface area (Å²) in [6, 6.07) is 0.959. The molecule has 1 saturated heterocycles. The van der Waals surface area contributed by atoms with Gasteiger partial charge in [-0.15, -0.1) is 0 Å². The van der Waals surface area contributed by atoms with E-state index in [1.807, 2.05) is 13.0 Å². The minimum atomic E-state index is 0.0770. The van der Waals surface area contributed by atoms with Crippen LogP contribution in [0.25, 0.3) is 5.57 Å². The number of allylic oxidation sites excluding steroid dienone is 3. The lowest BCUT2D eigenvalue weighted by molar-refractivity contribution is 0.0112. The van der Waals surface area contributed by atoms with Crippen LogP contribution in [0.2, 0.25) is 0 Å². The Balaban J connectivity index is 1.49. The average Bonchev–Trinajstić information content (AvgIpc) is 3.49. The molecule has 0 spiro atoms. The van der Waals surface area contributed by atoms with E-state index in [2.05, 4.69) is 20.4 Å². The molecule has 5 N–H and O–H groups in total. The van der Waals surface area contributed by atoms with Crippen molar-refractivity contribution in [2.24, 2.45) is 11.5 Å². The summed E-state index contributed by atoms with van der Waals surface area (Å²) in [6.45, 7) is 3.40. The highest BCUT2D eigenvalue weighted by atomic mass is 16.5. The molecule has 8 nitrogen and oxygen atoms in total. The number of rotatable bonds is 7. The molecule has 2 heterocycles. The largest absolute Gasteiger partial charge is 0.402 e. The molecule has 2 saturated carbocycles. The molecule has 0 aromatic carbocycles. The van der Waals surface area contributed by atoms with Crippen LogP contribution in [0.4, 0.5) is 0 Å². The van der Waals surface area contributed by atoms with Crippen LogP contribution in [-0.2, 0) is 4.74 Å². The molecule has 3 fully saturated rings. The number of hydrogen-bond acceptors (Lipinski definition) is 8. The van der Waals surface area contributed by atoms with Gasteiger partial charge in [0.15, 0.2) is 5.82 Å². The van der Waals surface area contributed by atoms with Crippen LogP contribution in [0.1, 0.15) is 75.9 Å². The van der Waals surface area contributed by atoms with Crippen molar-refractivity contribution < 1.29 is 9.26 Å². The van der Waals surface area contributed by atoms with E-state index in [-0.39, 0.29) is 6.10 Å². The number of likely N-dealkylation sites (tertiary alicyclic amines) is 1. The molecular formula is C22H36N6O2. The topological polar surface area (TPSA) is 115 Å². The van der Waals surface area contributed by atoms with E-state index in [0.717, 1.165) is 38.2 Å². The Morgan fingerprint density at radius 3 is 2.60 bits per heavy atom. The predicted octanol–water partition coefficient (Wildman–Crippen LogP) is 2.45. The number of nitrogens with zero attached hydrogens (tertiary/aromatic N) is 3. The van der Waals surface area contributed by atoms with E-state index >= 15 is 0 Å². The fourth-order valence-corrected chi connectivity index (χ4v) is 4.63. The van der Waals surface area contributed by atoms with Gasteiger partial charge in [-0.3, -0.25) is 0 Å². The fourth-order valence-electron chi connectivity index (χ4n) is 4.63. The molecule has 0 bridgehead atoms. The van der Waals surface area contributed by atoms with Crippen LogP contribution in [0.5, 0.6) is 0 Å². The molecule has 1 aliphatic heterocycles. The molecule has 0 radical (unpaired) electrons. The van der Waals surface area contributed by atoms with E-state index in [9.17, 15) is 0 Å². The van der Waals surface area contributed by atoms with Crippen molar-refractivity contribution in [3.8, 4) is 0 Å². The summed E-state index contributed by atoms with van der Waals surface area (Å²) in [5.74, 6) is 2.25. The molecule has 30 heavy (non-hydrogen) atoms. The lowest BCUT2D eigenvalue weighted by Crippen LogP contribution is -2.56. The third-order valence-electron chi connectivity index (χ3n) is 6.52. The summed E-state index contributed by atoms with van der Waals surface area (Å²) in [7, 11) is 1.79. The summed E-state index contributed by atoms with van der Waals surface area (Å²) in [5, 5.41) is 8.00. The lowest BCUT2D eigenvalue weighted by Gasteiger charge is -2.41. The van der Waals surface area contributed by atoms with Gasteiger partial charge in [-0.25, -0.2) is 0 Å². The van der Waals surface area contributed by atoms with E-state index in [0.29, 0.717) is 41.0 Å². The van der Waals surface area contributed by atoms with Crippen LogP contribution in [-0.4, -0.2) is 53.4 Å². The maximum atomic E-state index is 6.62. The highest BCUT2D eigenvalue weighted by molar-refractivity contribution is 5.71. The highest BCUT2D eigenvalue weighted by Gasteiger charge is 2.33. The zero-order chi connectivity index (χ0) is 21.1. The van der Waals surface area contributed by atoms with Crippen molar-refractivity contribution in [1.29, 1.82) is 0 Å². The van der Waals surface area contributed by atoms with Gasteiger partial charge in [0.1, 0.15) is 5.82 Å². The number of methoxy groups -OCH3 is 1. The van der Waals surface area contributed by atoms with E-state index in [1.54, 1.807) is 7.11 Å². The summed E-state index contributed by atoms with van der Waals surface area (Å²) in [6.07, 6.45) is 11.7. The van der Waals surface area contributed by atoms with Gasteiger partial charge in [0.25, 0.3) is 5.89 Å². The maximum Gasteiger partial charge on any atom is 0.261 e. The predicted molar refractivity (Wildman–Crippen MR) is 116 cm³/mol. The van der Waals surface area contributed by atoms with Crippen molar-refractivity contribution in [2.75, 3.05) is 20.2 Å². The number of ether oxygens (including phenoxy) is 1. The molecule has 2 atom stereocenters. The molecule has 4 rings (SSSR count). The number of hydrogen-bond donors (Lipinski definition) is 3. The molecule has 8 heteroatoms. The van der Waals surface area contributed by atoms with Crippen molar-refractivity contribution in [1.82, 2.24) is 20.4 Å². The van der Waals surface area contributed by atoms with Gasteiger partial charge in [-0.2, -0.15) is 4.98 Å². The Labute approximate surface area is 179 Å².